The minimum absolute atomic E-state index is 0.0152. The fraction of sp³-hybridized carbons (Fsp3) is 0.250. The van der Waals surface area contributed by atoms with E-state index in [4.69, 9.17) is 4.74 Å². The molecule has 36 heavy (non-hydrogen) atoms. The van der Waals surface area contributed by atoms with E-state index in [0.717, 1.165) is 22.2 Å². The van der Waals surface area contributed by atoms with Crippen LogP contribution >= 0.6 is 0 Å². The molecule has 7 nitrogen and oxygen atoms in total. The van der Waals surface area contributed by atoms with Crippen molar-refractivity contribution >= 4 is 22.5 Å². The van der Waals surface area contributed by atoms with Crippen LogP contribution < -0.4 is 0 Å². The van der Waals surface area contributed by atoms with Crippen LogP contribution in [-0.2, 0) is 16.1 Å². The van der Waals surface area contributed by atoms with Crippen LogP contribution in [0.2, 0.25) is 0 Å². The number of hydrogen-bond donors (Lipinski definition) is 0. The van der Waals surface area contributed by atoms with Crippen molar-refractivity contribution in [3.05, 3.63) is 112 Å². The molecule has 1 fully saturated rings. The van der Waals surface area contributed by atoms with Gasteiger partial charge in [0.05, 0.1) is 18.1 Å². The number of hydrogen-bond acceptors (Lipinski definition) is 4. The Bertz CT molecular complexity index is 1380. The number of fused-ring (bicyclic) bond motifs is 1. The lowest BCUT2D eigenvalue weighted by molar-refractivity contribution is -0.384. The van der Waals surface area contributed by atoms with Crippen molar-refractivity contribution in [2.75, 3.05) is 26.3 Å². The fourth-order valence-corrected chi connectivity index (χ4v) is 4.83. The Morgan fingerprint density at radius 3 is 2.44 bits per heavy atom. The Morgan fingerprint density at radius 1 is 1.03 bits per heavy atom. The molecule has 2 heterocycles. The minimum Gasteiger partial charge on any atom is -0.378 e. The molecule has 0 unspecified atom stereocenters. The van der Waals surface area contributed by atoms with Gasteiger partial charge in [-0.3, -0.25) is 14.9 Å². The van der Waals surface area contributed by atoms with Gasteiger partial charge in [0, 0.05) is 61.2 Å². The quantitative estimate of drug-likeness (QED) is 0.268. The van der Waals surface area contributed by atoms with Crippen molar-refractivity contribution in [2.45, 2.75) is 18.9 Å². The maximum atomic E-state index is 13.8. The van der Waals surface area contributed by atoms with Crippen LogP contribution in [0.5, 0.6) is 0 Å². The highest BCUT2D eigenvalue weighted by atomic mass is 19.1. The van der Waals surface area contributed by atoms with E-state index in [9.17, 15) is 19.3 Å². The Balaban J connectivity index is 1.62. The Kier molecular flexibility index (Phi) is 6.77. The third-order valence-electron chi connectivity index (χ3n) is 6.69. The summed E-state index contributed by atoms with van der Waals surface area (Å²) in [6.45, 7) is 2.61. The zero-order chi connectivity index (χ0) is 25.1. The predicted molar refractivity (Wildman–Crippen MR) is 134 cm³/mol. The van der Waals surface area contributed by atoms with Gasteiger partial charge in [-0.25, -0.2) is 4.39 Å². The monoisotopic (exact) mass is 487 g/mol. The van der Waals surface area contributed by atoms with Gasteiger partial charge >= 0.3 is 0 Å². The molecule has 0 bridgehead atoms. The fourth-order valence-electron chi connectivity index (χ4n) is 4.83. The molecule has 0 spiro atoms. The number of carbonyl (C=O) groups is 1. The first-order chi connectivity index (χ1) is 17.5. The van der Waals surface area contributed by atoms with E-state index < -0.39 is 10.8 Å². The van der Waals surface area contributed by atoms with Crippen LogP contribution in [0.3, 0.4) is 0 Å². The van der Waals surface area contributed by atoms with E-state index in [2.05, 4.69) is 4.57 Å². The number of non-ortho nitro benzene ring substituents is 1. The molecule has 3 aromatic carbocycles. The molecule has 0 saturated carbocycles. The average Bonchev–Trinajstić information content (AvgIpc) is 3.26. The Labute approximate surface area is 207 Å². The molecule has 1 atom stereocenters. The second-order valence-electron chi connectivity index (χ2n) is 8.96. The maximum Gasteiger partial charge on any atom is 0.270 e. The summed E-state index contributed by atoms with van der Waals surface area (Å²) in [6, 6.07) is 20.9. The normalized spacial score (nSPS) is 14.6. The summed E-state index contributed by atoms with van der Waals surface area (Å²) in [4.78, 5) is 26.3. The zero-order valence-corrected chi connectivity index (χ0v) is 19.7. The molecule has 0 radical (unpaired) electrons. The molecule has 1 aromatic heterocycles. The zero-order valence-electron chi connectivity index (χ0n) is 19.7. The van der Waals surface area contributed by atoms with Gasteiger partial charge in [0.2, 0.25) is 5.91 Å². The van der Waals surface area contributed by atoms with E-state index in [0.29, 0.717) is 38.2 Å². The first kappa shape index (κ1) is 23.7. The van der Waals surface area contributed by atoms with Crippen LogP contribution in [0.4, 0.5) is 10.1 Å². The highest BCUT2D eigenvalue weighted by Gasteiger charge is 2.27. The van der Waals surface area contributed by atoms with Crippen LogP contribution in [0.25, 0.3) is 10.9 Å². The molecule has 0 N–H and O–H groups in total. The molecule has 184 valence electrons. The van der Waals surface area contributed by atoms with Gasteiger partial charge in [-0.2, -0.15) is 0 Å². The number of amides is 1. The van der Waals surface area contributed by atoms with Crippen molar-refractivity contribution < 1.29 is 18.8 Å². The van der Waals surface area contributed by atoms with E-state index in [-0.39, 0.29) is 23.8 Å². The topological polar surface area (TPSA) is 77.6 Å². The number of nitro groups is 1. The van der Waals surface area contributed by atoms with Crippen LogP contribution in [-0.4, -0.2) is 46.6 Å². The van der Waals surface area contributed by atoms with Gasteiger partial charge in [0.15, 0.2) is 0 Å². The molecule has 0 aliphatic carbocycles. The van der Waals surface area contributed by atoms with Gasteiger partial charge < -0.3 is 14.2 Å². The third-order valence-corrected chi connectivity index (χ3v) is 6.69. The second-order valence-corrected chi connectivity index (χ2v) is 8.96. The largest absolute Gasteiger partial charge is 0.378 e. The number of morpholine rings is 1. The standard InChI is InChI=1S/C28H26FN3O4/c29-22-8-6-21(7-9-22)24(17-28(33)30-12-14-36-15-13-30)26-19-31(18-20-4-2-1-3-5-20)27-11-10-23(32(34)35)16-25(26)27/h1-11,16,19,24H,12-15,17-18H2/t24-/m1/s1. The van der Waals surface area contributed by atoms with Crippen molar-refractivity contribution in [2.24, 2.45) is 0 Å². The summed E-state index contributed by atoms with van der Waals surface area (Å²) < 4.78 is 21.2. The summed E-state index contributed by atoms with van der Waals surface area (Å²) in [5, 5.41) is 12.3. The van der Waals surface area contributed by atoms with Crippen molar-refractivity contribution in [3.8, 4) is 0 Å². The molecule has 1 aliphatic rings. The SMILES string of the molecule is O=C(C[C@H](c1ccc(F)cc1)c1cn(Cc2ccccc2)c2ccc([N+](=O)[O-])cc12)N1CCOCC1. The predicted octanol–water partition coefficient (Wildman–Crippen LogP) is 5.12. The first-order valence-corrected chi connectivity index (χ1v) is 11.9. The molecule has 1 aliphatic heterocycles. The highest BCUT2D eigenvalue weighted by Crippen LogP contribution is 2.37. The number of benzene rings is 3. The lowest BCUT2D eigenvalue weighted by Crippen LogP contribution is -2.41. The summed E-state index contributed by atoms with van der Waals surface area (Å²) in [7, 11) is 0. The summed E-state index contributed by atoms with van der Waals surface area (Å²) >= 11 is 0. The third kappa shape index (κ3) is 4.99. The number of rotatable bonds is 7. The van der Waals surface area contributed by atoms with Crippen molar-refractivity contribution in [3.63, 3.8) is 0 Å². The molecule has 5 rings (SSSR count). The van der Waals surface area contributed by atoms with E-state index in [1.165, 1.54) is 18.2 Å². The number of halogens is 1. The maximum absolute atomic E-state index is 13.8. The summed E-state index contributed by atoms with van der Waals surface area (Å²) in [5.74, 6) is -0.788. The Morgan fingerprint density at radius 2 is 1.75 bits per heavy atom. The molecular weight excluding hydrogens is 461 g/mol. The van der Waals surface area contributed by atoms with Gasteiger partial charge in [-0.15, -0.1) is 0 Å². The lowest BCUT2D eigenvalue weighted by Gasteiger charge is -2.28. The van der Waals surface area contributed by atoms with Crippen LogP contribution in [0, 0.1) is 15.9 Å². The van der Waals surface area contributed by atoms with E-state index >= 15 is 0 Å². The number of nitro benzene ring substituents is 1. The lowest BCUT2D eigenvalue weighted by atomic mass is 9.87. The minimum atomic E-state index is -0.413. The second kappa shape index (κ2) is 10.3. The van der Waals surface area contributed by atoms with E-state index in [1.54, 1.807) is 29.2 Å². The molecule has 4 aromatic rings. The van der Waals surface area contributed by atoms with E-state index in [1.807, 2.05) is 36.5 Å². The van der Waals surface area contributed by atoms with Gasteiger partial charge in [0.1, 0.15) is 5.82 Å². The molecule has 1 saturated heterocycles. The number of aromatic nitrogens is 1. The summed E-state index contributed by atoms with van der Waals surface area (Å²) in [6.07, 6.45) is 2.14. The Hall–Kier alpha value is -4.04. The van der Waals surface area contributed by atoms with Crippen molar-refractivity contribution in [1.82, 2.24) is 9.47 Å². The van der Waals surface area contributed by atoms with Crippen LogP contribution in [0.1, 0.15) is 29.0 Å². The molecular formula is C28H26FN3O4. The smallest absolute Gasteiger partial charge is 0.270 e. The van der Waals surface area contributed by atoms with Crippen LogP contribution in [0.15, 0.2) is 79.0 Å². The van der Waals surface area contributed by atoms with Gasteiger partial charge in [-0.05, 0) is 34.9 Å². The van der Waals surface area contributed by atoms with Gasteiger partial charge in [0.25, 0.3) is 5.69 Å². The molecule has 1 amide bonds. The van der Waals surface area contributed by atoms with Gasteiger partial charge in [-0.1, -0.05) is 42.5 Å². The first-order valence-electron chi connectivity index (χ1n) is 11.9. The average molecular weight is 488 g/mol. The highest BCUT2D eigenvalue weighted by molar-refractivity contribution is 5.88. The molecule has 8 heteroatoms. The number of nitrogens with zero attached hydrogens (tertiary/aromatic N) is 3. The van der Waals surface area contributed by atoms with Crippen molar-refractivity contribution in [1.29, 1.82) is 0 Å². The number of ether oxygens (including phenoxy) is 1. The summed E-state index contributed by atoms with van der Waals surface area (Å²) in [5.41, 5.74) is 3.49. The number of carbonyl (C=O) groups excluding carboxylic acids is 1.